The van der Waals surface area contributed by atoms with Crippen molar-refractivity contribution in [1.29, 1.82) is 0 Å². The van der Waals surface area contributed by atoms with Gasteiger partial charge in [-0.15, -0.1) is 0 Å². The molecule has 9 rings (SSSR count). The molecular formula is C40H26N8Zn. The summed E-state index contributed by atoms with van der Waals surface area (Å²) >= 11 is 0. The molecule has 0 aliphatic carbocycles. The fourth-order valence-electron chi connectivity index (χ4n) is 6.49. The summed E-state index contributed by atoms with van der Waals surface area (Å²) in [5.41, 5.74) is 15.0. The van der Waals surface area contributed by atoms with Crippen molar-refractivity contribution in [2.45, 2.75) is 0 Å². The van der Waals surface area contributed by atoms with E-state index < -0.39 is 0 Å². The van der Waals surface area contributed by atoms with Crippen LogP contribution in [0, 0.1) is 0 Å². The first-order valence-electron chi connectivity index (χ1n) is 15.6. The van der Waals surface area contributed by atoms with E-state index in [2.05, 4.69) is 78.5 Å². The zero-order valence-corrected chi connectivity index (χ0v) is 29.2. The number of rotatable bonds is 4. The number of nitrogens with zero attached hydrogens (tertiary/aromatic N) is 6. The molecule has 0 saturated carbocycles. The van der Waals surface area contributed by atoms with Crippen LogP contribution >= 0.6 is 0 Å². The van der Waals surface area contributed by atoms with Gasteiger partial charge in [-0.25, -0.2) is 9.97 Å². The van der Waals surface area contributed by atoms with Crippen molar-refractivity contribution < 1.29 is 19.5 Å². The van der Waals surface area contributed by atoms with Crippen LogP contribution in [0.5, 0.6) is 0 Å². The number of hydrogen-bond donors (Lipinski definition) is 2. The van der Waals surface area contributed by atoms with E-state index in [9.17, 15) is 0 Å². The number of H-pyrrole nitrogens is 2. The summed E-state index contributed by atoms with van der Waals surface area (Å²) in [6.45, 7) is 0. The molecule has 49 heavy (non-hydrogen) atoms. The summed E-state index contributed by atoms with van der Waals surface area (Å²) in [6.07, 6.45) is 22.8. The molecule has 0 radical (unpaired) electrons. The SMILES string of the molecule is C1=Cc2nc1c(-c1ccncc1)c1nc(c(-c3ccncc3)c3ccc([nH]3)c(-c3ccncc3)c3ccc([nH]3)c2-c2ccncc2)C=C1.[Zn]. The summed E-state index contributed by atoms with van der Waals surface area (Å²) in [7, 11) is 0. The second-order valence-corrected chi connectivity index (χ2v) is 11.4. The first-order valence-corrected chi connectivity index (χ1v) is 15.6. The molecule has 228 valence electrons. The van der Waals surface area contributed by atoms with Crippen LogP contribution in [0.1, 0.15) is 22.8 Å². The van der Waals surface area contributed by atoms with Crippen LogP contribution in [0.15, 0.2) is 122 Å². The fourth-order valence-corrected chi connectivity index (χ4v) is 6.49. The van der Waals surface area contributed by atoms with Crippen LogP contribution in [-0.4, -0.2) is 39.9 Å². The maximum atomic E-state index is 5.28. The van der Waals surface area contributed by atoms with Crippen LogP contribution in [0.25, 0.3) is 90.9 Å². The quantitative estimate of drug-likeness (QED) is 0.179. The van der Waals surface area contributed by atoms with Gasteiger partial charge in [-0.1, -0.05) is 0 Å². The van der Waals surface area contributed by atoms with Crippen LogP contribution in [0.4, 0.5) is 0 Å². The number of pyridine rings is 4. The van der Waals surface area contributed by atoms with Crippen molar-refractivity contribution in [2.24, 2.45) is 0 Å². The molecule has 0 atom stereocenters. The molecule has 0 aromatic carbocycles. The standard InChI is InChI=1S/C40H26N8.Zn/c1-2-30-38(26-11-19-42-20-12-26)32-5-6-34(47-32)40(28-15-23-44-24-16-28)36-8-7-35(48-36)39(27-13-21-43-22-14-27)33-4-3-31(46-33)37(29(1)45-30)25-9-17-41-18-10-25;/h1-24,45-46H;. The van der Waals surface area contributed by atoms with Crippen molar-refractivity contribution >= 4 is 46.4 Å². The molecule has 0 amide bonds. The third-order valence-electron chi connectivity index (χ3n) is 8.63. The average Bonchev–Trinajstić information content (AvgIpc) is 3.98. The Morgan fingerprint density at radius 3 is 0.918 bits per heavy atom. The van der Waals surface area contributed by atoms with Crippen LogP contribution in [0.2, 0.25) is 0 Å². The smallest absolute Gasteiger partial charge is 0.0738 e. The van der Waals surface area contributed by atoms with Gasteiger partial charge in [0.05, 0.1) is 22.8 Å². The minimum absolute atomic E-state index is 0. The maximum Gasteiger partial charge on any atom is 0.0738 e. The third-order valence-corrected chi connectivity index (χ3v) is 8.63. The molecule has 0 unspecified atom stereocenters. The number of fused-ring (bicyclic) bond motifs is 8. The number of hydrogen-bond acceptors (Lipinski definition) is 6. The normalized spacial score (nSPS) is 11.8. The van der Waals surface area contributed by atoms with Gasteiger partial charge in [-0.05, 0) is 119 Å². The van der Waals surface area contributed by atoms with E-state index in [0.29, 0.717) is 0 Å². The molecule has 2 N–H and O–H groups in total. The summed E-state index contributed by atoms with van der Waals surface area (Å²) in [6, 6.07) is 24.6. The molecule has 7 aromatic heterocycles. The second kappa shape index (κ2) is 12.8. The van der Waals surface area contributed by atoms with Gasteiger partial charge in [0.25, 0.3) is 0 Å². The molecular weight excluding hydrogens is 658 g/mol. The zero-order chi connectivity index (χ0) is 31.9. The predicted octanol–water partition coefficient (Wildman–Crippen LogP) is 8.90. The van der Waals surface area contributed by atoms with E-state index in [4.69, 9.17) is 9.97 Å². The average molecular weight is 684 g/mol. The summed E-state index contributed by atoms with van der Waals surface area (Å²) in [4.78, 5) is 35.2. The predicted molar refractivity (Wildman–Crippen MR) is 192 cm³/mol. The van der Waals surface area contributed by atoms with E-state index in [1.165, 1.54) is 0 Å². The zero-order valence-electron chi connectivity index (χ0n) is 26.2. The summed E-state index contributed by atoms with van der Waals surface area (Å²) in [5.74, 6) is 0. The third kappa shape index (κ3) is 5.50. The maximum absolute atomic E-state index is 5.28. The molecule has 9 heteroatoms. The van der Waals surface area contributed by atoms with Crippen molar-refractivity contribution in [3.05, 3.63) is 145 Å². The monoisotopic (exact) mass is 682 g/mol. The molecule has 2 aliphatic heterocycles. The first kappa shape index (κ1) is 30.2. The summed E-state index contributed by atoms with van der Waals surface area (Å²) < 4.78 is 0. The van der Waals surface area contributed by atoms with Crippen molar-refractivity contribution in [2.75, 3.05) is 0 Å². The van der Waals surface area contributed by atoms with Gasteiger partial charge in [0.15, 0.2) is 0 Å². The van der Waals surface area contributed by atoms with Crippen LogP contribution in [-0.2, 0) is 19.5 Å². The molecule has 0 saturated heterocycles. The van der Waals surface area contributed by atoms with Gasteiger partial charge in [0.1, 0.15) is 0 Å². The van der Waals surface area contributed by atoms with E-state index in [1.54, 1.807) is 12.4 Å². The van der Waals surface area contributed by atoms with Crippen molar-refractivity contribution in [3.63, 3.8) is 0 Å². The Labute approximate surface area is 294 Å². The van der Waals surface area contributed by atoms with E-state index in [0.717, 1.165) is 89.4 Å². The van der Waals surface area contributed by atoms with E-state index >= 15 is 0 Å². The Morgan fingerprint density at radius 2 is 0.571 bits per heavy atom. The second-order valence-electron chi connectivity index (χ2n) is 11.4. The first-order chi connectivity index (χ1) is 23.8. The fraction of sp³-hybridized carbons (Fsp3) is 0. The number of aromatic amines is 2. The molecule has 7 aromatic rings. The Morgan fingerprint density at radius 1 is 0.306 bits per heavy atom. The van der Waals surface area contributed by atoms with Gasteiger partial charge >= 0.3 is 0 Å². The molecule has 9 heterocycles. The van der Waals surface area contributed by atoms with Gasteiger partial charge in [0.2, 0.25) is 0 Å². The largest absolute Gasteiger partial charge is 0.354 e. The minimum atomic E-state index is 0. The Balaban J connectivity index is 0.00000348. The van der Waals surface area contributed by atoms with E-state index in [-0.39, 0.29) is 19.5 Å². The molecule has 8 nitrogen and oxygen atoms in total. The van der Waals surface area contributed by atoms with Crippen molar-refractivity contribution in [1.82, 2.24) is 39.9 Å². The van der Waals surface area contributed by atoms with Gasteiger partial charge in [-0.2, -0.15) is 0 Å². The molecule has 0 fully saturated rings. The van der Waals surface area contributed by atoms with Crippen LogP contribution in [0.3, 0.4) is 0 Å². The Bertz CT molecular complexity index is 2400. The van der Waals surface area contributed by atoms with E-state index in [1.807, 2.05) is 85.7 Å². The molecule has 0 spiro atoms. The minimum Gasteiger partial charge on any atom is -0.354 e. The van der Waals surface area contributed by atoms with Crippen LogP contribution < -0.4 is 0 Å². The number of aromatic nitrogens is 8. The Kier molecular flexibility index (Phi) is 7.88. The van der Waals surface area contributed by atoms with Crippen molar-refractivity contribution in [3.8, 4) is 44.5 Å². The Hall–Kier alpha value is -6.18. The summed E-state index contributed by atoms with van der Waals surface area (Å²) in [5, 5.41) is 0. The van der Waals surface area contributed by atoms with Gasteiger partial charge in [0, 0.05) is 113 Å². The van der Waals surface area contributed by atoms with Gasteiger partial charge < -0.3 is 9.97 Å². The molecule has 8 bridgehead atoms. The van der Waals surface area contributed by atoms with Gasteiger partial charge in [-0.3, -0.25) is 19.9 Å². The molecule has 2 aliphatic rings. The topological polar surface area (TPSA) is 109 Å². The number of nitrogens with one attached hydrogen (secondary N) is 2.